The highest BCUT2D eigenvalue weighted by Gasteiger charge is 2.31. The number of aliphatic imine (C=N–C) groups is 1. The van der Waals surface area contributed by atoms with Crippen LogP contribution in [0.1, 0.15) is 31.4 Å². The monoisotopic (exact) mass is 511 g/mol. The first kappa shape index (κ1) is 27.9. The fourth-order valence-corrected chi connectivity index (χ4v) is 3.76. The predicted molar refractivity (Wildman–Crippen MR) is 131 cm³/mol. The van der Waals surface area contributed by atoms with E-state index in [9.17, 15) is 24.3 Å². The zero-order valence-electron chi connectivity index (χ0n) is 19.2. The molecule has 35 heavy (non-hydrogen) atoms. The van der Waals surface area contributed by atoms with Crippen molar-refractivity contribution in [2.45, 2.75) is 56.3 Å². The molecule has 0 aromatic carbocycles. The van der Waals surface area contributed by atoms with E-state index in [1.807, 2.05) is 0 Å². The predicted octanol–water partition coefficient (Wildman–Crippen LogP) is -2.77. The van der Waals surface area contributed by atoms with Crippen LogP contribution < -0.4 is 32.7 Å². The second-order valence-electron chi connectivity index (χ2n) is 8.08. The summed E-state index contributed by atoms with van der Waals surface area (Å²) in [6.45, 7) is 0.964. The van der Waals surface area contributed by atoms with Gasteiger partial charge in [0.25, 0.3) is 0 Å². The molecule has 1 fully saturated rings. The summed E-state index contributed by atoms with van der Waals surface area (Å²) >= 11 is 3.95. The Morgan fingerprint density at radius 3 is 2.46 bits per heavy atom. The van der Waals surface area contributed by atoms with Crippen molar-refractivity contribution in [2.75, 3.05) is 18.8 Å². The van der Waals surface area contributed by atoms with Crippen LogP contribution in [-0.2, 0) is 25.6 Å². The van der Waals surface area contributed by atoms with Crippen LogP contribution in [0.25, 0.3) is 0 Å². The molecular formula is C20H33N9O5S. The van der Waals surface area contributed by atoms with E-state index in [0.717, 1.165) is 6.42 Å². The molecule has 3 amide bonds. The van der Waals surface area contributed by atoms with E-state index in [1.54, 1.807) is 0 Å². The quantitative estimate of drug-likeness (QED) is 0.0544. The zero-order chi connectivity index (χ0) is 25.8. The minimum Gasteiger partial charge on any atom is -0.480 e. The molecule has 4 unspecified atom stereocenters. The summed E-state index contributed by atoms with van der Waals surface area (Å²) in [5.41, 5.74) is 11.2. The number of carbonyl (C=O) groups excluding carboxylic acids is 3. The number of guanidine groups is 1. The summed E-state index contributed by atoms with van der Waals surface area (Å²) in [4.78, 5) is 60.7. The summed E-state index contributed by atoms with van der Waals surface area (Å²) < 4.78 is 0. The molecule has 0 aliphatic carbocycles. The Morgan fingerprint density at radius 1 is 1.17 bits per heavy atom. The lowest BCUT2D eigenvalue weighted by Crippen LogP contribution is -2.57. The average Bonchev–Trinajstić information content (AvgIpc) is 3.52. The summed E-state index contributed by atoms with van der Waals surface area (Å²) in [6, 6.07) is -3.74. The van der Waals surface area contributed by atoms with Crippen LogP contribution >= 0.6 is 12.6 Å². The number of nitrogens with zero attached hydrogens (tertiary/aromatic N) is 2. The van der Waals surface area contributed by atoms with E-state index in [-0.39, 0.29) is 37.0 Å². The number of thiol groups is 1. The topological polar surface area (TPSA) is 230 Å². The Bertz CT molecular complexity index is 886. The third-order valence-corrected chi connectivity index (χ3v) is 5.73. The summed E-state index contributed by atoms with van der Waals surface area (Å²) in [6.07, 6.45) is 5.04. The lowest BCUT2D eigenvalue weighted by Gasteiger charge is -2.25. The van der Waals surface area contributed by atoms with Crippen molar-refractivity contribution in [3.8, 4) is 0 Å². The Labute approximate surface area is 207 Å². The Kier molecular flexibility index (Phi) is 11.3. The number of nitrogens with one attached hydrogen (secondary N) is 5. The van der Waals surface area contributed by atoms with Gasteiger partial charge in [0.2, 0.25) is 17.7 Å². The van der Waals surface area contributed by atoms with Crippen LogP contribution in [0.15, 0.2) is 17.5 Å². The van der Waals surface area contributed by atoms with Crippen molar-refractivity contribution in [3.05, 3.63) is 18.2 Å². The number of aliphatic carboxylic acids is 1. The molecule has 0 bridgehead atoms. The maximum Gasteiger partial charge on any atom is 0.327 e. The Hall–Kier alpha value is -3.33. The number of carbonyl (C=O) groups is 4. The van der Waals surface area contributed by atoms with Crippen molar-refractivity contribution >= 4 is 42.3 Å². The van der Waals surface area contributed by atoms with Crippen molar-refractivity contribution < 1.29 is 24.3 Å². The minimum absolute atomic E-state index is 0.0231. The number of hydrogen-bond donors (Lipinski definition) is 9. The molecule has 14 nitrogen and oxygen atoms in total. The van der Waals surface area contributed by atoms with E-state index >= 15 is 0 Å². The highest BCUT2D eigenvalue weighted by atomic mass is 32.1. The fourth-order valence-electron chi connectivity index (χ4n) is 3.51. The van der Waals surface area contributed by atoms with E-state index in [2.05, 4.69) is 48.9 Å². The Morgan fingerprint density at radius 2 is 1.89 bits per heavy atom. The van der Waals surface area contributed by atoms with E-state index < -0.39 is 42.0 Å². The second-order valence-corrected chi connectivity index (χ2v) is 8.45. The molecule has 1 aliphatic rings. The maximum absolute atomic E-state index is 13.2. The van der Waals surface area contributed by atoms with Crippen molar-refractivity contribution in [1.82, 2.24) is 31.2 Å². The molecule has 0 saturated carbocycles. The SMILES string of the molecule is NC(N)=NCCCC(NC(=O)C1CCCN1)C(=O)NC(Cc1cnc[nH]1)C(=O)NC(CS)C(=O)O. The number of hydrogen-bond acceptors (Lipinski definition) is 8. The lowest BCUT2D eigenvalue weighted by molar-refractivity contribution is -0.141. The molecule has 0 spiro atoms. The number of amides is 3. The van der Waals surface area contributed by atoms with E-state index in [0.29, 0.717) is 25.1 Å². The molecule has 194 valence electrons. The van der Waals surface area contributed by atoms with Crippen molar-refractivity contribution in [1.29, 1.82) is 0 Å². The van der Waals surface area contributed by atoms with Crippen LogP contribution in [0.3, 0.4) is 0 Å². The normalized spacial score (nSPS) is 17.6. The minimum atomic E-state index is -1.26. The summed E-state index contributed by atoms with van der Waals surface area (Å²) in [5, 5.41) is 20.1. The molecule has 2 heterocycles. The van der Waals surface area contributed by atoms with Gasteiger partial charge in [-0.25, -0.2) is 9.78 Å². The van der Waals surface area contributed by atoms with Crippen LogP contribution in [0.5, 0.6) is 0 Å². The summed E-state index contributed by atoms with van der Waals surface area (Å²) in [7, 11) is 0. The first-order valence-electron chi connectivity index (χ1n) is 11.2. The number of imidazole rings is 1. The molecular weight excluding hydrogens is 478 g/mol. The van der Waals surface area contributed by atoms with Gasteiger partial charge < -0.3 is 42.8 Å². The van der Waals surface area contributed by atoms with Crippen molar-refractivity contribution in [2.24, 2.45) is 16.5 Å². The third-order valence-electron chi connectivity index (χ3n) is 5.36. The number of carboxylic acids is 1. The molecule has 1 aromatic rings. The van der Waals surface area contributed by atoms with Gasteiger partial charge in [0.15, 0.2) is 5.96 Å². The van der Waals surface area contributed by atoms with Crippen LogP contribution in [0.2, 0.25) is 0 Å². The van der Waals surface area contributed by atoms with Gasteiger partial charge in [0.1, 0.15) is 18.1 Å². The van der Waals surface area contributed by atoms with Gasteiger partial charge in [-0.2, -0.15) is 12.6 Å². The number of aromatic nitrogens is 2. The molecule has 2 rings (SSSR count). The molecule has 15 heteroatoms. The van der Waals surface area contributed by atoms with Crippen molar-refractivity contribution in [3.63, 3.8) is 0 Å². The largest absolute Gasteiger partial charge is 0.480 e. The molecule has 10 N–H and O–H groups in total. The van der Waals surface area contributed by atoms with Gasteiger partial charge >= 0.3 is 5.97 Å². The van der Waals surface area contributed by atoms with Gasteiger partial charge in [0, 0.05) is 30.6 Å². The number of H-pyrrole nitrogens is 1. The summed E-state index contributed by atoms with van der Waals surface area (Å²) in [5.74, 6) is -3.10. The highest BCUT2D eigenvalue weighted by molar-refractivity contribution is 7.80. The lowest BCUT2D eigenvalue weighted by atomic mass is 10.1. The first-order valence-corrected chi connectivity index (χ1v) is 11.8. The van der Waals surface area contributed by atoms with E-state index in [1.165, 1.54) is 12.5 Å². The van der Waals surface area contributed by atoms with Gasteiger partial charge in [-0.05, 0) is 32.2 Å². The van der Waals surface area contributed by atoms with Crippen LogP contribution in [0.4, 0.5) is 0 Å². The number of nitrogens with two attached hydrogens (primary N) is 2. The average molecular weight is 512 g/mol. The maximum atomic E-state index is 13.2. The smallest absolute Gasteiger partial charge is 0.327 e. The molecule has 1 saturated heterocycles. The second kappa shape index (κ2) is 14.2. The number of carboxylic acid groups (broad SMARTS) is 1. The van der Waals surface area contributed by atoms with Crippen LogP contribution in [0, 0.1) is 0 Å². The third kappa shape index (κ3) is 9.44. The number of rotatable bonds is 14. The van der Waals surface area contributed by atoms with Crippen LogP contribution in [-0.4, -0.2) is 87.7 Å². The fraction of sp³-hybridized carbons (Fsp3) is 0.600. The molecule has 1 aliphatic heterocycles. The molecule has 1 aromatic heterocycles. The van der Waals surface area contributed by atoms with Gasteiger partial charge in [-0.15, -0.1) is 0 Å². The van der Waals surface area contributed by atoms with Gasteiger partial charge in [-0.1, -0.05) is 0 Å². The zero-order valence-corrected chi connectivity index (χ0v) is 20.1. The van der Waals surface area contributed by atoms with Gasteiger partial charge in [-0.3, -0.25) is 19.4 Å². The highest BCUT2D eigenvalue weighted by Crippen LogP contribution is 2.08. The standard InChI is InChI=1S/C20H33N9O5S/c21-20(22)25-6-2-4-13(27-16(30)12-3-1-5-24-12)17(31)28-14(7-11-8-23-10-26-11)18(32)29-15(9-35)19(33)34/h8,10,12-15,24,35H,1-7,9H2,(H,23,26)(H,27,30)(H,28,31)(H,29,32)(H,33,34)(H4,21,22,25). The Balaban J connectivity index is 2.14. The first-order chi connectivity index (χ1) is 16.7. The number of aromatic amines is 1. The van der Waals surface area contributed by atoms with E-state index in [4.69, 9.17) is 11.5 Å². The molecule has 0 radical (unpaired) electrons. The molecule has 4 atom stereocenters. The van der Waals surface area contributed by atoms with Gasteiger partial charge in [0.05, 0.1) is 12.4 Å².